The van der Waals surface area contributed by atoms with Crippen LogP contribution in [0, 0.1) is 0 Å². The molecular formula is C13H24O9. The maximum Gasteiger partial charge on any atom is 0.187 e. The second kappa shape index (κ2) is 7.04. The maximum absolute atomic E-state index is 10.1. The van der Waals surface area contributed by atoms with Gasteiger partial charge in [-0.3, -0.25) is 0 Å². The largest absolute Gasteiger partial charge is 0.388 e. The molecule has 0 amide bonds. The Bertz CT molecular complexity index is 365. The van der Waals surface area contributed by atoms with Gasteiger partial charge in [-0.1, -0.05) is 0 Å². The highest BCUT2D eigenvalue weighted by molar-refractivity contribution is 4.92. The molecule has 0 bridgehead atoms. The molecule has 2 fully saturated rings. The van der Waals surface area contributed by atoms with Gasteiger partial charge in [0.2, 0.25) is 0 Å². The molecule has 5 N–H and O–H groups in total. The normalized spacial score (nSPS) is 53.5. The third kappa shape index (κ3) is 3.28. The van der Waals surface area contributed by atoms with Crippen molar-refractivity contribution >= 4 is 0 Å². The minimum Gasteiger partial charge on any atom is -0.388 e. The molecule has 2 rings (SSSR count). The summed E-state index contributed by atoms with van der Waals surface area (Å²) < 4.78 is 21.2. The minimum absolute atomic E-state index is 0.664. The van der Waals surface area contributed by atoms with Gasteiger partial charge in [0.25, 0.3) is 0 Å². The third-order valence-corrected chi connectivity index (χ3v) is 4.12. The van der Waals surface area contributed by atoms with Crippen LogP contribution in [-0.2, 0) is 18.9 Å². The summed E-state index contributed by atoms with van der Waals surface area (Å²) in [7, 11) is 1.34. The van der Waals surface area contributed by atoms with Crippen molar-refractivity contribution in [2.75, 3.05) is 7.11 Å². The summed E-state index contributed by atoms with van der Waals surface area (Å²) in [6.45, 7) is 3.08. The van der Waals surface area contributed by atoms with E-state index in [0.29, 0.717) is 0 Å². The molecule has 9 nitrogen and oxygen atoms in total. The second-order valence-corrected chi connectivity index (χ2v) is 5.71. The first-order valence-corrected chi connectivity index (χ1v) is 7.17. The fourth-order valence-electron chi connectivity index (χ4n) is 2.62. The number of hydrogen-bond acceptors (Lipinski definition) is 9. The molecule has 0 aromatic heterocycles. The summed E-state index contributed by atoms with van der Waals surface area (Å²) in [5.41, 5.74) is 0. The summed E-state index contributed by atoms with van der Waals surface area (Å²) in [5, 5.41) is 49.3. The van der Waals surface area contributed by atoms with Crippen molar-refractivity contribution in [3.63, 3.8) is 0 Å². The zero-order chi connectivity index (χ0) is 16.6. The average Bonchev–Trinajstić information content (AvgIpc) is 2.50. The number of aliphatic hydroxyl groups is 5. The van der Waals surface area contributed by atoms with Crippen molar-refractivity contribution in [2.24, 2.45) is 0 Å². The SMILES string of the molecule is CO[C@@H]1O[C@H](C)[C@@H](O)[C@H](O)[C@H]1O[C@@H]1O[C@H](C)[C@@H](O)[C@H](O)[C@H]1O. The van der Waals surface area contributed by atoms with Gasteiger partial charge in [0.05, 0.1) is 12.2 Å². The van der Waals surface area contributed by atoms with Crippen LogP contribution in [0.2, 0.25) is 0 Å². The lowest BCUT2D eigenvalue weighted by molar-refractivity contribution is -0.359. The van der Waals surface area contributed by atoms with Gasteiger partial charge >= 0.3 is 0 Å². The van der Waals surface area contributed by atoms with Gasteiger partial charge in [-0.25, -0.2) is 0 Å². The predicted octanol–water partition coefficient (Wildman–Crippen LogP) is -2.69. The Balaban J connectivity index is 2.10. The van der Waals surface area contributed by atoms with Gasteiger partial charge in [0.15, 0.2) is 12.6 Å². The molecule has 9 heteroatoms. The number of aliphatic hydroxyl groups excluding tert-OH is 5. The van der Waals surface area contributed by atoms with Crippen molar-refractivity contribution in [3.05, 3.63) is 0 Å². The van der Waals surface area contributed by atoms with Crippen LogP contribution in [0.5, 0.6) is 0 Å². The van der Waals surface area contributed by atoms with Crippen LogP contribution in [-0.4, -0.2) is 94.1 Å². The highest BCUT2D eigenvalue weighted by atomic mass is 16.7. The van der Waals surface area contributed by atoms with Crippen molar-refractivity contribution < 1.29 is 44.5 Å². The van der Waals surface area contributed by atoms with Crippen LogP contribution in [0.25, 0.3) is 0 Å². The predicted molar refractivity (Wildman–Crippen MR) is 70.6 cm³/mol. The van der Waals surface area contributed by atoms with Gasteiger partial charge in [-0.2, -0.15) is 0 Å². The zero-order valence-electron chi connectivity index (χ0n) is 12.6. The van der Waals surface area contributed by atoms with Crippen LogP contribution >= 0.6 is 0 Å². The van der Waals surface area contributed by atoms with E-state index in [9.17, 15) is 25.5 Å². The standard InChI is InChI=1S/C13H24O9/c1-4-6(14)8(16)10(18)12(20-4)22-11-9(17)7(15)5(2)21-13(11)19-3/h4-18H,1-3H3/t4-,5-,6-,7-,8+,9+,10-,11-,12+,13-/m1/s1. The Morgan fingerprint density at radius 2 is 1.18 bits per heavy atom. The van der Waals surface area contributed by atoms with Crippen molar-refractivity contribution in [1.29, 1.82) is 0 Å². The Kier molecular flexibility index (Phi) is 5.75. The zero-order valence-corrected chi connectivity index (χ0v) is 12.6. The van der Waals surface area contributed by atoms with E-state index in [2.05, 4.69) is 0 Å². The molecule has 2 heterocycles. The minimum atomic E-state index is -1.52. The van der Waals surface area contributed by atoms with Crippen LogP contribution in [0.15, 0.2) is 0 Å². The molecular weight excluding hydrogens is 300 g/mol. The maximum atomic E-state index is 10.1. The smallest absolute Gasteiger partial charge is 0.187 e. The van der Waals surface area contributed by atoms with Gasteiger partial charge < -0.3 is 44.5 Å². The Labute approximate surface area is 128 Å². The lowest BCUT2D eigenvalue weighted by Crippen LogP contribution is -2.63. The average molecular weight is 324 g/mol. The first kappa shape index (κ1) is 18.0. The molecule has 2 saturated heterocycles. The highest BCUT2D eigenvalue weighted by Crippen LogP contribution is 2.29. The summed E-state index contributed by atoms with van der Waals surface area (Å²) >= 11 is 0. The molecule has 2 aliphatic heterocycles. The molecule has 0 aliphatic carbocycles. The van der Waals surface area contributed by atoms with E-state index in [4.69, 9.17) is 18.9 Å². The molecule has 0 spiro atoms. The van der Waals surface area contributed by atoms with Crippen molar-refractivity contribution in [3.8, 4) is 0 Å². The van der Waals surface area contributed by atoms with E-state index in [1.165, 1.54) is 14.0 Å². The lowest BCUT2D eigenvalue weighted by atomic mass is 9.98. The first-order valence-electron chi connectivity index (χ1n) is 7.17. The Morgan fingerprint density at radius 1 is 0.682 bits per heavy atom. The lowest BCUT2D eigenvalue weighted by Gasteiger charge is -2.45. The summed E-state index contributed by atoms with van der Waals surface area (Å²) in [6.07, 6.45) is -11.6. The molecule has 130 valence electrons. The van der Waals surface area contributed by atoms with Gasteiger partial charge in [0.1, 0.15) is 36.6 Å². The van der Waals surface area contributed by atoms with Gasteiger partial charge in [0, 0.05) is 7.11 Å². The van der Waals surface area contributed by atoms with Crippen LogP contribution in [0.1, 0.15) is 13.8 Å². The fraction of sp³-hybridized carbons (Fsp3) is 1.00. The molecule has 0 unspecified atom stereocenters. The summed E-state index contributed by atoms with van der Waals surface area (Å²) in [4.78, 5) is 0. The van der Waals surface area contributed by atoms with E-state index >= 15 is 0 Å². The van der Waals surface area contributed by atoms with Gasteiger partial charge in [-0.05, 0) is 13.8 Å². The van der Waals surface area contributed by atoms with Gasteiger partial charge in [-0.15, -0.1) is 0 Å². The molecule has 0 aromatic rings. The Hall–Kier alpha value is -0.360. The quantitative estimate of drug-likeness (QED) is 0.376. The van der Waals surface area contributed by atoms with E-state index in [0.717, 1.165) is 0 Å². The van der Waals surface area contributed by atoms with E-state index in [-0.39, 0.29) is 0 Å². The van der Waals surface area contributed by atoms with E-state index in [1.807, 2.05) is 0 Å². The third-order valence-electron chi connectivity index (χ3n) is 4.12. The molecule has 0 aromatic carbocycles. The van der Waals surface area contributed by atoms with Crippen molar-refractivity contribution in [2.45, 2.75) is 75.3 Å². The van der Waals surface area contributed by atoms with E-state index in [1.54, 1.807) is 6.92 Å². The summed E-state index contributed by atoms with van der Waals surface area (Å²) in [6, 6.07) is 0. The monoisotopic (exact) mass is 324 g/mol. The molecule has 10 atom stereocenters. The first-order chi connectivity index (χ1) is 10.3. The number of rotatable bonds is 3. The molecule has 22 heavy (non-hydrogen) atoms. The number of methoxy groups -OCH3 is 1. The van der Waals surface area contributed by atoms with Crippen LogP contribution < -0.4 is 0 Å². The highest BCUT2D eigenvalue weighted by Gasteiger charge is 2.49. The van der Waals surface area contributed by atoms with E-state index < -0.39 is 61.4 Å². The second-order valence-electron chi connectivity index (χ2n) is 5.71. The number of hydrogen-bond donors (Lipinski definition) is 5. The topological polar surface area (TPSA) is 138 Å². The fourth-order valence-corrected chi connectivity index (χ4v) is 2.62. The Morgan fingerprint density at radius 3 is 1.73 bits per heavy atom. The summed E-state index contributed by atoms with van der Waals surface area (Å²) in [5.74, 6) is 0. The number of ether oxygens (including phenoxy) is 4. The molecule has 0 radical (unpaired) electrons. The van der Waals surface area contributed by atoms with Crippen LogP contribution in [0.4, 0.5) is 0 Å². The van der Waals surface area contributed by atoms with Crippen molar-refractivity contribution in [1.82, 2.24) is 0 Å². The molecule has 2 aliphatic rings. The molecule has 0 saturated carbocycles. The van der Waals surface area contributed by atoms with Crippen LogP contribution in [0.3, 0.4) is 0 Å².